The second kappa shape index (κ2) is 7.10. The SMILES string of the molecule is CC1(C)c2ccccc2-c2cc(Nc3ccccc3-c3ccccc3)c3ccccc3c21. The van der Waals surface area contributed by atoms with Crippen LogP contribution in [-0.4, -0.2) is 0 Å². The molecule has 0 radical (unpaired) electrons. The molecule has 1 heteroatoms. The average Bonchev–Trinajstić information content (AvgIpc) is 3.07. The number of nitrogens with one attached hydrogen (secondary N) is 1. The maximum absolute atomic E-state index is 3.80. The molecule has 1 aliphatic rings. The molecule has 1 aliphatic carbocycles. The number of rotatable bonds is 3. The van der Waals surface area contributed by atoms with Gasteiger partial charge in [-0.05, 0) is 45.3 Å². The summed E-state index contributed by atoms with van der Waals surface area (Å²) in [5, 5.41) is 6.39. The highest BCUT2D eigenvalue weighted by atomic mass is 14.9. The Balaban J connectivity index is 1.58. The molecule has 0 aromatic heterocycles. The normalized spacial score (nSPS) is 13.6. The van der Waals surface area contributed by atoms with Gasteiger partial charge in [0, 0.05) is 27.7 Å². The highest BCUT2D eigenvalue weighted by molar-refractivity contribution is 6.05. The fourth-order valence-corrected chi connectivity index (χ4v) is 5.37. The molecular formula is C31H25N. The molecule has 5 aromatic carbocycles. The van der Waals surface area contributed by atoms with Crippen LogP contribution in [0.5, 0.6) is 0 Å². The van der Waals surface area contributed by atoms with Gasteiger partial charge >= 0.3 is 0 Å². The molecule has 0 atom stereocenters. The van der Waals surface area contributed by atoms with Crippen molar-refractivity contribution in [2.45, 2.75) is 19.3 Å². The zero-order valence-corrected chi connectivity index (χ0v) is 18.4. The number of hydrogen-bond acceptors (Lipinski definition) is 1. The predicted molar refractivity (Wildman–Crippen MR) is 137 cm³/mol. The highest BCUT2D eigenvalue weighted by Crippen LogP contribution is 2.53. The van der Waals surface area contributed by atoms with E-state index in [0.717, 1.165) is 11.4 Å². The fourth-order valence-electron chi connectivity index (χ4n) is 5.37. The smallest absolute Gasteiger partial charge is 0.0470 e. The van der Waals surface area contributed by atoms with Crippen molar-refractivity contribution in [2.24, 2.45) is 0 Å². The molecule has 0 unspecified atom stereocenters. The molecule has 5 aromatic rings. The molecule has 0 amide bonds. The number of fused-ring (bicyclic) bond motifs is 5. The number of hydrogen-bond donors (Lipinski definition) is 1. The maximum atomic E-state index is 3.80. The standard InChI is InChI=1S/C31H25N/c1-31(2)27-18-10-8-15-23(27)26-20-29(24-16-6-7-17-25(24)30(26)31)32-28-19-11-9-14-22(28)21-12-4-3-5-13-21/h3-20,32H,1-2H3. The molecule has 0 fully saturated rings. The van der Waals surface area contributed by atoms with Gasteiger partial charge in [0.05, 0.1) is 0 Å². The Bertz CT molecular complexity index is 1460. The Morgan fingerprint density at radius 3 is 1.97 bits per heavy atom. The number of para-hydroxylation sites is 1. The van der Waals surface area contributed by atoms with Gasteiger partial charge in [-0.3, -0.25) is 0 Å². The van der Waals surface area contributed by atoms with E-state index >= 15 is 0 Å². The minimum absolute atomic E-state index is 0.0218. The van der Waals surface area contributed by atoms with E-state index in [1.807, 2.05) is 0 Å². The van der Waals surface area contributed by atoms with E-state index in [4.69, 9.17) is 0 Å². The molecule has 0 aliphatic heterocycles. The summed E-state index contributed by atoms with van der Waals surface area (Å²) in [6.07, 6.45) is 0. The molecule has 32 heavy (non-hydrogen) atoms. The monoisotopic (exact) mass is 411 g/mol. The van der Waals surface area contributed by atoms with E-state index in [-0.39, 0.29) is 5.41 Å². The molecule has 0 saturated heterocycles. The highest BCUT2D eigenvalue weighted by Gasteiger charge is 2.37. The predicted octanol–water partition coefficient (Wildman–Crippen LogP) is 8.56. The van der Waals surface area contributed by atoms with Crippen molar-refractivity contribution in [3.05, 3.63) is 120 Å². The van der Waals surface area contributed by atoms with Gasteiger partial charge in [-0.1, -0.05) is 111 Å². The van der Waals surface area contributed by atoms with Crippen LogP contribution in [-0.2, 0) is 5.41 Å². The molecule has 0 heterocycles. The third kappa shape index (κ3) is 2.78. The summed E-state index contributed by atoms with van der Waals surface area (Å²) >= 11 is 0. The van der Waals surface area contributed by atoms with Crippen molar-refractivity contribution in [3.8, 4) is 22.3 Å². The van der Waals surface area contributed by atoms with E-state index in [0.29, 0.717) is 0 Å². The molecule has 0 spiro atoms. The summed E-state index contributed by atoms with van der Waals surface area (Å²) < 4.78 is 0. The van der Waals surface area contributed by atoms with Crippen LogP contribution in [0.25, 0.3) is 33.0 Å². The first-order chi connectivity index (χ1) is 15.6. The lowest BCUT2D eigenvalue weighted by Gasteiger charge is -2.24. The number of benzene rings is 5. The van der Waals surface area contributed by atoms with Gasteiger partial charge in [0.25, 0.3) is 0 Å². The Hall–Kier alpha value is -3.84. The van der Waals surface area contributed by atoms with Crippen LogP contribution < -0.4 is 5.32 Å². The van der Waals surface area contributed by atoms with Gasteiger partial charge < -0.3 is 5.32 Å². The molecule has 1 nitrogen and oxygen atoms in total. The van der Waals surface area contributed by atoms with Gasteiger partial charge in [-0.15, -0.1) is 0 Å². The summed E-state index contributed by atoms with van der Waals surface area (Å²) in [4.78, 5) is 0. The quantitative estimate of drug-likeness (QED) is 0.313. The van der Waals surface area contributed by atoms with E-state index < -0.39 is 0 Å². The first-order valence-corrected chi connectivity index (χ1v) is 11.2. The van der Waals surface area contributed by atoms with E-state index in [1.165, 1.54) is 44.2 Å². The molecule has 0 saturated carbocycles. The lowest BCUT2D eigenvalue weighted by atomic mass is 9.80. The third-order valence-corrected chi connectivity index (χ3v) is 6.84. The van der Waals surface area contributed by atoms with Crippen LogP contribution >= 0.6 is 0 Å². The minimum Gasteiger partial charge on any atom is -0.354 e. The zero-order chi connectivity index (χ0) is 21.7. The van der Waals surface area contributed by atoms with Gasteiger partial charge in [0.2, 0.25) is 0 Å². The van der Waals surface area contributed by atoms with Crippen molar-refractivity contribution >= 4 is 22.1 Å². The van der Waals surface area contributed by atoms with Crippen LogP contribution in [0.2, 0.25) is 0 Å². The van der Waals surface area contributed by atoms with E-state index in [1.54, 1.807) is 0 Å². The fraction of sp³-hybridized carbons (Fsp3) is 0.0968. The summed E-state index contributed by atoms with van der Waals surface area (Å²) in [6.45, 7) is 4.70. The summed E-state index contributed by atoms with van der Waals surface area (Å²) in [5.74, 6) is 0. The summed E-state index contributed by atoms with van der Waals surface area (Å²) in [5.41, 5.74) is 10.2. The molecule has 6 rings (SSSR count). The molecule has 0 bridgehead atoms. The minimum atomic E-state index is -0.0218. The van der Waals surface area contributed by atoms with Crippen LogP contribution in [0.3, 0.4) is 0 Å². The summed E-state index contributed by atoms with van der Waals surface area (Å²) in [6, 6.07) is 39.2. The Labute approximate surface area is 189 Å². The molecule has 1 N–H and O–H groups in total. The lowest BCUT2D eigenvalue weighted by molar-refractivity contribution is 0.666. The maximum Gasteiger partial charge on any atom is 0.0470 e. The average molecular weight is 412 g/mol. The Morgan fingerprint density at radius 2 is 1.16 bits per heavy atom. The van der Waals surface area contributed by atoms with Gasteiger partial charge in [-0.2, -0.15) is 0 Å². The topological polar surface area (TPSA) is 12.0 Å². The first-order valence-electron chi connectivity index (χ1n) is 11.2. The second-order valence-electron chi connectivity index (χ2n) is 9.10. The number of anilines is 2. The van der Waals surface area contributed by atoms with Crippen molar-refractivity contribution in [3.63, 3.8) is 0 Å². The summed E-state index contributed by atoms with van der Waals surface area (Å²) in [7, 11) is 0. The van der Waals surface area contributed by atoms with Crippen LogP contribution in [0.1, 0.15) is 25.0 Å². The largest absolute Gasteiger partial charge is 0.354 e. The Morgan fingerprint density at radius 1 is 0.531 bits per heavy atom. The van der Waals surface area contributed by atoms with Crippen LogP contribution in [0.15, 0.2) is 109 Å². The third-order valence-electron chi connectivity index (χ3n) is 6.84. The second-order valence-corrected chi connectivity index (χ2v) is 9.10. The Kier molecular flexibility index (Phi) is 4.19. The van der Waals surface area contributed by atoms with Gasteiger partial charge in [0.15, 0.2) is 0 Å². The molecule has 154 valence electrons. The van der Waals surface area contributed by atoms with Gasteiger partial charge in [0.1, 0.15) is 0 Å². The van der Waals surface area contributed by atoms with Crippen molar-refractivity contribution < 1.29 is 0 Å². The van der Waals surface area contributed by atoms with Gasteiger partial charge in [-0.25, -0.2) is 0 Å². The zero-order valence-electron chi connectivity index (χ0n) is 18.4. The first kappa shape index (κ1) is 18.9. The van der Waals surface area contributed by atoms with Crippen LogP contribution in [0, 0.1) is 0 Å². The van der Waals surface area contributed by atoms with Crippen LogP contribution in [0.4, 0.5) is 11.4 Å². The lowest BCUT2D eigenvalue weighted by Crippen LogP contribution is -2.15. The van der Waals surface area contributed by atoms with Crippen molar-refractivity contribution in [1.29, 1.82) is 0 Å². The van der Waals surface area contributed by atoms with Crippen molar-refractivity contribution in [1.82, 2.24) is 0 Å². The van der Waals surface area contributed by atoms with E-state index in [9.17, 15) is 0 Å². The molecular weight excluding hydrogens is 386 g/mol. The van der Waals surface area contributed by atoms with Crippen molar-refractivity contribution in [2.75, 3.05) is 5.32 Å². The van der Waals surface area contributed by atoms with E-state index in [2.05, 4.69) is 128 Å².